The summed E-state index contributed by atoms with van der Waals surface area (Å²) in [5.41, 5.74) is 1.65. The topological polar surface area (TPSA) is 54.5 Å². The van der Waals surface area contributed by atoms with Crippen molar-refractivity contribution in [3.05, 3.63) is 59.7 Å². The van der Waals surface area contributed by atoms with E-state index in [0.29, 0.717) is 5.69 Å². The highest BCUT2D eigenvalue weighted by Gasteiger charge is 2.30. The molecule has 0 bridgehead atoms. The summed E-state index contributed by atoms with van der Waals surface area (Å²) in [6.07, 6.45) is -4.41. The fourth-order valence-electron chi connectivity index (χ4n) is 2.77. The van der Waals surface area contributed by atoms with Crippen LogP contribution in [0.2, 0.25) is 0 Å². The van der Waals surface area contributed by atoms with Gasteiger partial charge in [0, 0.05) is 25.2 Å². The van der Waals surface area contributed by atoms with Crippen LogP contribution >= 0.6 is 0 Å². The number of hydrogen-bond donors (Lipinski definition) is 1. The molecule has 0 fully saturated rings. The van der Waals surface area contributed by atoms with Gasteiger partial charge in [-0.1, -0.05) is 0 Å². The molecule has 29 heavy (non-hydrogen) atoms. The van der Waals surface area contributed by atoms with Gasteiger partial charge in [0.25, 0.3) is 5.91 Å². The van der Waals surface area contributed by atoms with Crippen LogP contribution in [0.15, 0.2) is 48.5 Å². The molecule has 0 unspecified atom stereocenters. The second kappa shape index (κ2) is 7.98. The lowest BCUT2D eigenvalue weighted by molar-refractivity contribution is -0.137. The van der Waals surface area contributed by atoms with Crippen molar-refractivity contribution in [3.8, 4) is 5.75 Å². The van der Waals surface area contributed by atoms with Gasteiger partial charge in [0.05, 0.1) is 11.1 Å². The fraction of sp³-hybridized carbons (Fsp3) is 0.238. The number of anilines is 2. The van der Waals surface area contributed by atoms with E-state index in [1.165, 1.54) is 12.1 Å². The molecule has 152 valence electrons. The Bertz CT molecular complexity index is 1030. The summed E-state index contributed by atoms with van der Waals surface area (Å²) in [6.45, 7) is 1.65. The van der Waals surface area contributed by atoms with Crippen LogP contribution in [0.3, 0.4) is 0 Å². The van der Waals surface area contributed by atoms with Crippen LogP contribution in [0.25, 0.3) is 10.9 Å². The Kier molecular flexibility index (Phi) is 5.63. The molecule has 1 N–H and O–H groups in total. The molecule has 0 saturated heterocycles. The van der Waals surface area contributed by atoms with Crippen LogP contribution in [-0.4, -0.2) is 31.6 Å². The number of nitrogens with zero attached hydrogens (tertiary/aromatic N) is 2. The first kappa shape index (κ1) is 20.4. The molecule has 1 amide bonds. The highest BCUT2D eigenvalue weighted by molar-refractivity contribution is 5.95. The number of benzene rings is 2. The first-order valence-corrected chi connectivity index (χ1v) is 8.82. The molecule has 3 aromatic rings. The Labute approximate surface area is 166 Å². The molecular formula is C21H20F3N3O2. The van der Waals surface area contributed by atoms with Crippen LogP contribution < -0.4 is 15.0 Å². The number of aryl methyl sites for hydroxylation is 1. The molecule has 0 aliphatic rings. The van der Waals surface area contributed by atoms with Crippen molar-refractivity contribution in [2.24, 2.45) is 0 Å². The van der Waals surface area contributed by atoms with Gasteiger partial charge in [-0.25, -0.2) is 4.98 Å². The molecule has 5 nitrogen and oxygen atoms in total. The minimum atomic E-state index is -4.41. The van der Waals surface area contributed by atoms with Crippen LogP contribution in [0, 0.1) is 6.92 Å². The summed E-state index contributed by atoms with van der Waals surface area (Å²) in [6, 6.07) is 11.5. The van der Waals surface area contributed by atoms with E-state index in [9.17, 15) is 18.0 Å². The molecule has 1 heterocycles. The number of nitrogens with one attached hydrogen (secondary N) is 1. The molecule has 0 radical (unpaired) electrons. The van der Waals surface area contributed by atoms with E-state index in [-0.39, 0.29) is 12.4 Å². The average molecular weight is 403 g/mol. The van der Waals surface area contributed by atoms with Gasteiger partial charge < -0.3 is 15.0 Å². The Morgan fingerprint density at radius 3 is 2.41 bits per heavy atom. The number of fused-ring (bicyclic) bond motifs is 1. The summed E-state index contributed by atoms with van der Waals surface area (Å²) in [7, 11) is 3.83. The molecule has 1 aromatic heterocycles. The van der Waals surface area contributed by atoms with E-state index < -0.39 is 17.6 Å². The first-order valence-electron chi connectivity index (χ1n) is 8.82. The lowest BCUT2D eigenvalue weighted by atomic mass is 10.1. The third-order valence-corrected chi connectivity index (χ3v) is 4.30. The monoisotopic (exact) mass is 403 g/mol. The molecule has 8 heteroatoms. The molecule has 0 aliphatic carbocycles. The lowest BCUT2D eigenvalue weighted by Gasteiger charge is -2.14. The number of ether oxygens (including phenoxy) is 1. The number of alkyl halides is 3. The summed E-state index contributed by atoms with van der Waals surface area (Å²) in [5, 5.41) is 3.64. The van der Waals surface area contributed by atoms with Gasteiger partial charge in [-0.15, -0.1) is 0 Å². The number of amides is 1. The highest BCUT2D eigenvalue weighted by Crippen LogP contribution is 2.30. The zero-order chi connectivity index (χ0) is 21.2. The van der Waals surface area contributed by atoms with Crippen LogP contribution in [0.5, 0.6) is 5.75 Å². The molecule has 0 atom stereocenters. The van der Waals surface area contributed by atoms with Crippen molar-refractivity contribution in [2.45, 2.75) is 13.1 Å². The molecule has 3 rings (SSSR count). The summed E-state index contributed by atoms with van der Waals surface area (Å²) in [4.78, 5) is 18.6. The van der Waals surface area contributed by atoms with Gasteiger partial charge >= 0.3 is 6.18 Å². The van der Waals surface area contributed by atoms with Crippen molar-refractivity contribution in [1.82, 2.24) is 4.98 Å². The first-order chi connectivity index (χ1) is 13.6. The molecule has 0 aliphatic heterocycles. The Hall–Kier alpha value is -3.29. The van der Waals surface area contributed by atoms with Crippen LogP contribution in [0.4, 0.5) is 24.7 Å². The number of carbonyl (C=O) groups excluding carboxylic acids is 1. The molecular weight excluding hydrogens is 383 g/mol. The number of carbonyl (C=O) groups is 1. The maximum atomic E-state index is 12.6. The Morgan fingerprint density at radius 1 is 1.10 bits per heavy atom. The number of aromatic nitrogens is 1. The van der Waals surface area contributed by atoms with Crippen molar-refractivity contribution in [1.29, 1.82) is 0 Å². The normalized spacial score (nSPS) is 11.4. The summed E-state index contributed by atoms with van der Waals surface area (Å²) < 4.78 is 43.0. The van der Waals surface area contributed by atoms with Crippen molar-refractivity contribution in [2.75, 3.05) is 30.9 Å². The molecule has 0 saturated carbocycles. The second-order valence-electron chi connectivity index (χ2n) is 6.78. The van der Waals surface area contributed by atoms with E-state index in [0.717, 1.165) is 34.4 Å². The van der Waals surface area contributed by atoms with Gasteiger partial charge in [0.2, 0.25) is 0 Å². The van der Waals surface area contributed by atoms with Gasteiger partial charge in [0.15, 0.2) is 6.61 Å². The highest BCUT2D eigenvalue weighted by atomic mass is 19.4. The second-order valence-corrected chi connectivity index (χ2v) is 6.78. The largest absolute Gasteiger partial charge is 0.484 e. The van der Waals surface area contributed by atoms with Gasteiger partial charge in [-0.2, -0.15) is 13.2 Å². The van der Waals surface area contributed by atoms with Crippen LogP contribution in [0.1, 0.15) is 11.1 Å². The maximum Gasteiger partial charge on any atom is 0.416 e. The van der Waals surface area contributed by atoms with Gasteiger partial charge in [-0.3, -0.25) is 4.79 Å². The summed E-state index contributed by atoms with van der Waals surface area (Å²) >= 11 is 0. The lowest BCUT2D eigenvalue weighted by Crippen LogP contribution is -2.20. The number of hydrogen-bond acceptors (Lipinski definition) is 4. The van der Waals surface area contributed by atoms with Crippen molar-refractivity contribution >= 4 is 28.3 Å². The standard InChI is InChI=1S/C21H20F3N3O2/c1-13-10-19(27(2)3)26-18-9-6-15(11-17(13)18)25-20(28)12-29-16-7-4-14(5-8-16)21(22,23)24/h4-11H,12H2,1-3H3,(H,25,28). The smallest absolute Gasteiger partial charge is 0.416 e. The van der Waals surface area contributed by atoms with Crippen LogP contribution in [-0.2, 0) is 11.0 Å². The van der Waals surface area contributed by atoms with Gasteiger partial charge in [-0.05, 0) is 61.0 Å². The van der Waals surface area contributed by atoms with E-state index in [2.05, 4.69) is 10.3 Å². The van der Waals surface area contributed by atoms with E-state index in [4.69, 9.17) is 4.74 Å². The predicted molar refractivity (Wildman–Crippen MR) is 106 cm³/mol. The average Bonchev–Trinajstić information content (AvgIpc) is 2.66. The van der Waals surface area contributed by atoms with E-state index in [1.54, 1.807) is 6.07 Å². The third kappa shape index (κ3) is 4.96. The van der Waals surface area contributed by atoms with E-state index in [1.807, 2.05) is 44.1 Å². The Balaban J connectivity index is 1.65. The third-order valence-electron chi connectivity index (χ3n) is 4.30. The van der Waals surface area contributed by atoms with Crippen molar-refractivity contribution < 1.29 is 22.7 Å². The molecule has 2 aromatic carbocycles. The summed E-state index contributed by atoms with van der Waals surface area (Å²) in [5.74, 6) is 0.611. The Morgan fingerprint density at radius 2 is 1.79 bits per heavy atom. The van der Waals surface area contributed by atoms with E-state index >= 15 is 0 Å². The zero-order valence-electron chi connectivity index (χ0n) is 16.2. The number of pyridine rings is 1. The van der Waals surface area contributed by atoms with Crippen molar-refractivity contribution in [3.63, 3.8) is 0 Å². The quantitative estimate of drug-likeness (QED) is 0.674. The maximum absolute atomic E-state index is 12.6. The number of rotatable bonds is 5. The predicted octanol–water partition coefficient (Wildman–Crippen LogP) is 4.65. The number of halogens is 3. The van der Waals surface area contributed by atoms with Gasteiger partial charge in [0.1, 0.15) is 11.6 Å². The SMILES string of the molecule is Cc1cc(N(C)C)nc2ccc(NC(=O)COc3ccc(C(F)(F)F)cc3)cc12. The fourth-order valence-corrected chi connectivity index (χ4v) is 2.77. The minimum Gasteiger partial charge on any atom is -0.484 e. The molecule has 0 spiro atoms. The zero-order valence-corrected chi connectivity index (χ0v) is 16.2. The minimum absolute atomic E-state index is 0.183.